The highest BCUT2D eigenvalue weighted by Gasteiger charge is 2.40. The van der Waals surface area contributed by atoms with Gasteiger partial charge in [0.15, 0.2) is 11.6 Å². The normalized spacial score (nSPS) is 16.1. The first-order valence-electron chi connectivity index (χ1n) is 8.04. The lowest BCUT2D eigenvalue weighted by atomic mass is 9.89. The zero-order valence-electron chi connectivity index (χ0n) is 14.2. The molecule has 1 aliphatic heterocycles. The van der Waals surface area contributed by atoms with Gasteiger partial charge in [-0.1, -0.05) is 6.92 Å². The van der Waals surface area contributed by atoms with Crippen LogP contribution in [0.3, 0.4) is 0 Å². The minimum atomic E-state index is -1.29. The highest BCUT2D eigenvalue weighted by Crippen LogP contribution is 2.23. The molecule has 0 spiro atoms. The average Bonchev–Trinajstić information content (AvgIpc) is 2.57. The van der Waals surface area contributed by atoms with E-state index in [1.54, 1.807) is 4.90 Å². The summed E-state index contributed by atoms with van der Waals surface area (Å²) in [5.74, 6) is -2.85. The van der Waals surface area contributed by atoms with Crippen LogP contribution in [0.1, 0.15) is 20.8 Å². The molecule has 0 aliphatic carbocycles. The minimum absolute atomic E-state index is 0.121. The van der Waals surface area contributed by atoms with E-state index < -0.39 is 23.0 Å². The van der Waals surface area contributed by atoms with Gasteiger partial charge in [0, 0.05) is 37.9 Å². The molecule has 0 bridgehead atoms. The van der Waals surface area contributed by atoms with Crippen LogP contribution < -0.4 is 5.32 Å². The average molecular weight is 339 g/mol. The van der Waals surface area contributed by atoms with E-state index in [9.17, 15) is 18.4 Å². The molecule has 0 aromatic heterocycles. The van der Waals surface area contributed by atoms with Crippen molar-refractivity contribution in [2.45, 2.75) is 20.8 Å². The second-order valence-electron chi connectivity index (χ2n) is 6.43. The summed E-state index contributed by atoms with van der Waals surface area (Å²) >= 11 is 0. The number of amides is 2. The van der Waals surface area contributed by atoms with Gasteiger partial charge in [-0.05, 0) is 32.5 Å². The second-order valence-corrected chi connectivity index (χ2v) is 6.43. The summed E-state index contributed by atoms with van der Waals surface area (Å²) in [5, 5.41) is 2.49. The largest absolute Gasteiger partial charge is 0.339 e. The molecular formula is C17H23F2N3O2. The molecule has 1 fully saturated rings. The Hall–Kier alpha value is -2.02. The Kier molecular flexibility index (Phi) is 5.54. The first kappa shape index (κ1) is 18.3. The monoisotopic (exact) mass is 339 g/mol. The van der Waals surface area contributed by atoms with Crippen LogP contribution in [0.2, 0.25) is 0 Å². The van der Waals surface area contributed by atoms with Gasteiger partial charge in [0.05, 0.1) is 0 Å². The molecule has 24 heavy (non-hydrogen) atoms. The third-order valence-electron chi connectivity index (χ3n) is 4.39. The summed E-state index contributed by atoms with van der Waals surface area (Å²) < 4.78 is 26.2. The highest BCUT2D eigenvalue weighted by atomic mass is 19.2. The van der Waals surface area contributed by atoms with Gasteiger partial charge in [-0.3, -0.25) is 9.59 Å². The van der Waals surface area contributed by atoms with Crippen molar-refractivity contribution in [2.24, 2.45) is 5.41 Å². The summed E-state index contributed by atoms with van der Waals surface area (Å²) in [6.45, 7) is 8.79. The Morgan fingerprint density at radius 1 is 1.12 bits per heavy atom. The van der Waals surface area contributed by atoms with Crippen LogP contribution in [0.25, 0.3) is 0 Å². The summed E-state index contributed by atoms with van der Waals surface area (Å²) in [6, 6.07) is 3.09. The third-order valence-corrected chi connectivity index (χ3v) is 4.39. The van der Waals surface area contributed by atoms with E-state index in [1.807, 2.05) is 0 Å². The maximum absolute atomic E-state index is 13.2. The van der Waals surface area contributed by atoms with Crippen molar-refractivity contribution in [2.75, 3.05) is 38.0 Å². The number of benzene rings is 1. The number of carbonyl (C=O) groups is 2. The number of nitrogens with zero attached hydrogens (tertiary/aromatic N) is 2. The van der Waals surface area contributed by atoms with Gasteiger partial charge >= 0.3 is 0 Å². The quantitative estimate of drug-likeness (QED) is 0.855. The lowest BCUT2D eigenvalue weighted by Gasteiger charge is -2.37. The van der Waals surface area contributed by atoms with Crippen LogP contribution in [-0.2, 0) is 9.59 Å². The van der Waals surface area contributed by atoms with Gasteiger partial charge in [0.25, 0.3) is 0 Å². The van der Waals surface area contributed by atoms with Crippen LogP contribution in [0.4, 0.5) is 14.5 Å². The molecule has 1 aromatic carbocycles. The molecule has 1 aliphatic rings. The van der Waals surface area contributed by atoms with E-state index in [1.165, 1.54) is 19.9 Å². The highest BCUT2D eigenvalue weighted by molar-refractivity contribution is 6.09. The molecule has 5 nitrogen and oxygen atoms in total. The van der Waals surface area contributed by atoms with E-state index in [0.29, 0.717) is 13.1 Å². The molecule has 0 radical (unpaired) electrons. The van der Waals surface area contributed by atoms with Crippen molar-refractivity contribution in [3.8, 4) is 0 Å². The standard InChI is InChI=1S/C17H23F2N3O2/c1-4-21-7-9-22(10-8-21)16(24)17(2,3)15(23)20-12-5-6-13(18)14(19)11-12/h5-6,11H,4,7-10H2,1-3H3,(H,20,23). The summed E-state index contributed by atoms with van der Waals surface area (Å²) in [6.07, 6.45) is 0. The van der Waals surface area contributed by atoms with Gasteiger partial charge in [-0.2, -0.15) is 0 Å². The molecule has 1 aromatic rings. The molecule has 132 valence electrons. The summed E-state index contributed by atoms with van der Waals surface area (Å²) in [5.41, 5.74) is -1.17. The Morgan fingerprint density at radius 2 is 1.75 bits per heavy atom. The SMILES string of the molecule is CCN1CCN(C(=O)C(C)(C)C(=O)Nc2ccc(F)c(F)c2)CC1. The minimum Gasteiger partial charge on any atom is -0.339 e. The zero-order chi connectivity index (χ0) is 17.9. The van der Waals surface area contributed by atoms with E-state index in [4.69, 9.17) is 0 Å². The molecule has 2 rings (SSSR count). The van der Waals surface area contributed by atoms with Crippen molar-refractivity contribution in [3.05, 3.63) is 29.8 Å². The molecule has 0 unspecified atom stereocenters. The number of piperazine rings is 1. The number of hydrogen-bond donors (Lipinski definition) is 1. The molecule has 1 saturated heterocycles. The first-order chi connectivity index (χ1) is 11.3. The predicted octanol–water partition coefficient (Wildman–Crippen LogP) is 2.09. The van der Waals surface area contributed by atoms with Crippen molar-refractivity contribution in [1.29, 1.82) is 0 Å². The number of likely N-dealkylation sites (N-methyl/N-ethyl adjacent to an activating group) is 1. The lowest BCUT2D eigenvalue weighted by Crippen LogP contribution is -2.54. The Labute approximate surface area is 140 Å². The van der Waals surface area contributed by atoms with E-state index in [-0.39, 0.29) is 11.6 Å². The number of hydrogen-bond acceptors (Lipinski definition) is 3. The zero-order valence-corrected chi connectivity index (χ0v) is 14.2. The van der Waals surface area contributed by atoms with Gasteiger partial charge in [0.1, 0.15) is 5.41 Å². The molecule has 1 N–H and O–H groups in total. The van der Waals surface area contributed by atoms with Crippen molar-refractivity contribution in [1.82, 2.24) is 9.80 Å². The molecule has 7 heteroatoms. The fourth-order valence-electron chi connectivity index (χ4n) is 2.62. The smallest absolute Gasteiger partial charge is 0.239 e. The van der Waals surface area contributed by atoms with E-state index >= 15 is 0 Å². The molecular weight excluding hydrogens is 316 g/mol. The first-order valence-corrected chi connectivity index (χ1v) is 8.04. The number of anilines is 1. The molecule has 0 atom stereocenters. The maximum atomic E-state index is 13.2. The van der Waals surface area contributed by atoms with Crippen molar-refractivity contribution >= 4 is 17.5 Å². The van der Waals surface area contributed by atoms with Crippen LogP contribution in [0, 0.1) is 17.0 Å². The van der Waals surface area contributed by atoms with E-state index in [2.05, 4.69) is 17.1 Å². The fraction of sp³-hybridized carbons (Fsp3) is 0.529. The number of rotatable bonds is 4. The summed E-state index contributed by atoms with van der Waals surface area (Å²) in [4.78, 5) is 29.0. The molecule has 2 amide bonds. The van der Waals surface area contributed by atoms with Crippen LogP contribution in [-0.4, -0.2) is 54.3 Å². The van der Waals surface area contributed by atoms with Crippen LogP contribution >= 0.6 is 0 Å². The van der Waals surface area contributed by atoms with Crippen molar-refractivity contribution in [3.63, 3.8) is 0 Å². The predicted molar refractivity (Wildman–Crippen MR) is 87.5 cm³/mol. The Balaban J connectivity index is 2.03. The fourth-order valence-corrected chi connectivity index (χ4v) is 2.62. The second kappa shape index (κ2) is 7.25. The van der Waals surface area contributed by atoms with Gasteiger partial charge in [0.2, 0.25) is 11.8 Å². The number of carbonyl (C=O) groups excluding carboxylic acids is 2. The van der Waals surface area contributed by atoms with Crippen LogP contribution in [0.15, 0.2) is 18.2 Å². The molecule has 0 saturated carbocycles. The van der Waals surface area contributed by atoms with Gasteiger partial charge < -0.3 is 15.1 Å². The number of nitrogens with one attached hydrogen (secondary N) is 1. The Bertz CT molecular complexity index is 626. The third kappa shape index (κ3) is 3.90. The van der Waals surface area contributed by atoms with Crippen molar-refractivity contribution < 1.29 is 18.4 Å². The maximum Gasteiger partial charge on any atom is 0.239 e. The van der Waals surface area contributed by atoms with E-state index in [0.717, 1.165) is 31.8 Å². The summed E-state index contributed by atoms with van der Waals surface area (Å²) in [7, 11) is 0. The van der Waals surface area contributed by atoms with Gasteiger partial charge in [-0.15, -0.1) is 0 Å². The lowest BCUT2D eigenvalue weighted by molar-refractivity contribution is -0.147. The van der Waals surface area contributed by atoms with Gasteiger partial charge in [-0.25, -0.2) is 8.78 Å². The topological polar surface area (TPSA) is 52.7 Å². The molecule has 1 heterocycles. The Morgan fingerprint density at radius 3 is 2.29 bits per heavy atom. The number of halogens is 2. The van der Waals surface area contributed by atoms with Crippen LogP contribution in [0.5, 0.6) is 0 Å².